The molecule has 0 atom stereocenters. The molecule has 0 aliphatic carbocycles. The van der Waals surface area contributed by atoms with Crippen LogP contribution < -0.4 is 5.32 Å². The average molecular weight is 324 g/mol. The number of carbonyl (C=O) groups is 2. The van der Waals surface area contributed by atoms with E-state index in [4.69, 9.17) is 5.11 Å². The van der Waals surface area contributed by atoms with Crippen LogP contribution in [0.3, 0.4) is 0 Å². The number of carbonyl (C=O) groups excluding carboxylic acids is 1. The Hall–Kier alpha value is -2.82. The van der Waals surface area contributed by atoms with Crippen molar-refractivity contribution in [1.29, 1.82) is 0 Å². The molecule has 0 aromatic heterocycles. The number of likely N-dealkylation sites (tertiary alicyclic amines) is 1. The number of hydrogen-bond acceptors (Lipinski definition) is 3. The molecule has 0 spiro atoms. The summed E-state index contributed by atoms with van der Waals surface area (Å²) in [5, 5.41) is 12.4. The molecular formula is C19H20N2O3. The van der Waals surface area contributed by atoms with Crippen molar-refractivity contribution in [1.82, 2.24) is 4.90 Å². The minimum Gasteiger partial charge on any atom is -0.481 e. The van der Waals surface area contributed by atoms with Crippen LogP contribution >= 0.6 is 0 Å². The van der Waals surface area contributed by atoms with Gasteiger partial charge in [0.2, 0.25) is 0 Å². The molecule has 1 amide bonds. The van der Waals surface area contributed by atoms with E-state index in [0.29, 0.717) is 31.5 Å². The highest BCUT2D eigenvalue weighted by atomic mass is 16.4. The minimum absolute atomic E-state index is 0.0575. The molecule has 0 saturated carbocycles. The number of piperidine rings is 1. The smallest absolute Gasteiger partial charge is 0.306 e. The lowest BCUT2D eigenvalue weighted by atomic mass is 9.96. The second-order valence-electron chi connectivity index (χ2n) is 5.94. The first kappa shape index (κ1) is 16.1. The van der Waals surface area contributed by atoms with Crippen molar-refractivity contribution in [3.05, 3.63) is 60.2 Å². The van der Waals surface area contributed by atoms with Crippen LogP contribution in [0.4, 0.5) is 11.4 Å². The normalized spacial score (nSPS) is 15.1. The van der Waals surface area contributed by atoms with Crippen LogP contribution in [0.25, 0.3) is 0 Å². The maximum Gasteiger partial charge on any atom is 0.306 e. The molecule has 2 aromatic rings. The predicted octanol–water partition coefficient (Wildman–Crippen LogP) is 3.37. The Bertz CT molecular complexity index is 722. The number of amides is 1. The second-order valence-corrected chi connectivity index (χ2v) is 5.94. The van der Waals surface area contributed by atoms with Gasteiger partial charge in [-0.25, -0.2) is 0 Å². The van der Waals surface area contributed by atoms with E-state index in [-0.39, 0.29) is 11.8 Å². The minimum atomic E-state index is -0.770. The lowest BCUT2D eigenvalue weighted by Crippen LogP contribution is -2.40. The molecule has 0 radical (unpaired) electrons. The van der Waals surface area contributed by atoms with Gasteiger partial charge in [-0.3, -0.25) is 9.59 Å². The molecule has 0 unspecified atom stereocenters. The third kappa shape index (κ3) is 3.56. The molecule has 0 bridgehead atoms. The third-order valence-corrected chi connectivity index (χ3v) is 4.34. The Morgan fingerprint density at radius 2 is 1.58 bits per heavy atom. The van der Waals surface area contributed by atoms with Crippen molar-refractivity contribution in [3.63, 3.8) is 0 Å². The van der Waals surface area contributed by atoms with Gasteiger partial charge in [-0.15, -0.1) is 0 Å². The molecular weight excluding hydrogens is 304 g/mol. The van der Waals surface area contributed by atoms with E-state index in [2.05, 4.69) is 5.32 Å². The summed E-state index contributed by atoms with van der Waals surface area (Å²) in [7, 11) is 0. The van der Waals surface area contributed by atoms with Crippen molar-refractivity contribution in [2.45, 2.75) is 12.8 Å². The van der Waals surface area contributed by atoms with Crippen LogP contribution in [0.1, 0.15) is 23.2 Å². The second kappa shape index (κ2) is 7.17. The van der Waals surface area contributed by atoms with Gasteiger partial charge in [-0.05, 0) is 37.1 Å². The maximum absolute atomic E-state index is 12.8. The zero-order valence-electron chi connectivity index (χ0n) is 13.3. The summed E-state index contributed by atoms with van der Waals surface area (Å²) in [6.07, 6.45) is 1.02. The SMILES string of the molecule is O=C(O)C1CCN(C(=O)c2ccccc2Nc2ccccc2)CC1. The topological polar surface area (TPSA) is 69.6 Å². The predicted molar refractivity (Wildman–Crippen MR) is 92.4 cm³/mol. The Morgan fingerprint density at radius 1 is 0.958 bits per heavy atom. The highest BCUT2D eigenvalue weighted by molar-refractivity contribution is 6.00. The average Bonchev–Trinajstić information content (AvgIpc) is 2.62. The molecule has 3 rings (SSSR count). The van der Waals surface area contributed by atoms with E-state index in [1.165, 1.54) is 0 Å². The number of rotatable bonds is 4. The van der Waals surface area contributed by atoms with Gasteiger partial charge in [0, 0.05) is 18.8 Å². The fourth-order valence-electron chi connectivity index (χ4n) is 2.96. The van der Waals surface area contributed by atoms with E-state index >= 15 is 0 Å². The van der Waals surface area contributed by atoms with Gasteiger partial charge < -0.3 is 15.3 Å². The van der Waals surface area contributed by atoms with Crippen LogP contribution in [0.2, 0.25) is 0 Å². The molecule has 2 N–H and O–H groups in total. The van der Waals surface area contributed by atoms with Gasteiger partial charge in [-0.2, -0.15) is 0 Å². The zero-order valence-corrected chi connectivity index (χ0v) is 13.3. The highest BCUT2D eigenvalue weighted by Gasteiger charge is 2.28. The number of aliphatic carboxylic acids is 1. The Labute approximate surface area is 140 Å². The summed E-state index contributed by atoms with van der Waals surface area (Å²) in [6, 6.07) is 17.1. The Kier molecular flexibility index (Phi) is 4.79. The largest absolute Gasteiger partial charge is 0.481 e. The zero-order chi connectivity index (χ0) is 16.9. The van der Waals surface area contributed by atoms with Crippen LogP contribution in [-0.2, 0) is 4.79 Å². The van der Waals surface area contributed by atoms with Crippen molar-refractivity contribution in [2.75, 3.05) is 18.4 Å². The van der Waals surface area contributed by atoms with Gasteiger partial charge in [-0.1, -0.05) is 30.3 Å². The van der Waals surface area contributed by atoms with Gasteiger partial charge in [0.25, 0.3) is 5.91 Å². The number of benzene rings is 2. The summed E-state index contributed by atoms with van der Waals surface area (Å²) in [6.45, 7) is 0.963. The molecule has 5 heteroatoms. The summed E-state index contributed by atoms with van der Waals surface area (Å²) < 4.78 is 0. The Morgan fingerprint density at radius 3 is 2.25 bits per heavy atom. The standard InChI is InChI=1S/C19H20N2O3/c22-18(21-12-10-14(11-13-21)19(23)24)16-8-4-5-9-17(16)20-15-6-2-1-3-7-15/h1-9,14,20H,10-13H2,(H,23,24). The number of carboxylic acid groups (broad SMARTS) is 1. The molecule has 5 nitrogen and oxygen atoms in total. The monoisotopic (exact) mass is 324 g/mol. The first-order valence-electron chi connectivity index (χ1n) is 8.08. The fraction of sp³-hybridized carbons (Fsp3) is 0.263. The third-order valence-electron chi connectivity index (χ3n) is 4.34. The molecule has 2 aromatic carbocycles. The molecule has 1 fully saturated rings. The van der Waals surface area contributed by atoms with E-state index in [0.717, 1.165) is 11.4 Å². The molecule has 1 heterocycles. The van der Waals surface area contributed by atoms with Gasteiger partial charge in [0.1, 0.15) is 0 Å². The quantitative estimate of drug-likeness (QED) is 0.905. The van der Waals surface area contributed by atoms with Crippen molar-refractivity contribution in [3.8, 4) is 0 Å². The van der Waals surface area contributed by atoms with Gasteiger partial charge in [0.05, 0.1) is 17.2 Å². The number of nitrogens with zero attached hydrogens (tertiary/aromatic N) is 1. The molecule has 124 valence electrons. The molecule has 1 aliphatic heterocycles. The van der Waals surface area contributed by atoms with E-state index in [1.807, 2.05) is 48.5 Å². The first-order chi connectivity index (χ1) is 11.6. The van der Waals surface area contributed by atoms with Crippen LogP contribution in [-0.4, -0.2) is 35.0 Å². The van der Waals surface area contributed by atoms with Crippen molar-refractivity contribution in [2.24, 2.45) is 5.92 Å². The number of anilines is 2. The number of carboxylic acids is 1. The van der Waals surface area contributed by atoms with Crippen LogP contribution in [0, 0.1) is 5.92 Å². The maximum atomic E-state index is 12.8. The summed E-state index contributed by atoms with van der Waals surface area (Å²) in [4.78, 5) is 25.6. The van der Waals surface area contributed by atoms with Crippen molar-refractivity contribution < 1.29 is 14.7 Å². The van der Waals surface area contributed by atoms with Gasteiger partial charge >= 0.3 is 5.97 Å². The summed E-state index contributed by atoms with van der Waals surface area (Å²) in [5.74, 6) is -1.17. The molecule has 1 aliphatic rings. The number of hydrogen-bond donors (Lipinski definition) is 2. The molecule has 24 heavy (non-hydrogen) atoms. The Balaban J connectivity index is 1.75. The van der Waals surface area contributed by atoms with Crippen LogP contribution in [0.15, 0.2) is 54.6 Å². The van der Waals surface area contributed by atoms with E-state index < -0.39 is 5.97 Å². The van der Waals surface area contributed by atoms with Crippen LogP contribution in [0.5, 0.6) is 0 Å². The number of nitrogens with one attached hydrogen (secondary N) is 1. The summed E-state index contributed by atoms with van der Waals surface area (Å²) >= 11 is 0. The summed E-state index contributed by atoms with van der Waals surface area (Å²) in [5.41, 5.74) is 2.28. The van der Waals surface area contributed by atoms with E-state index in [9.17, 15) is 9.59 Å². The number of para-hydroxylation sites is 2. The highest BCUT2D eigenvalue weighted by Crippen LogP contribution is 2.24. The first-order valence-corrected chi connectivity index (χ1v) is 8.08. The van der Waals surface area contributed by atoms with E-state index in [1.54, 1.807) is 11.0 Å². The lowest BCUT2D eigenvalue weighted by Gasteiger charge is -2.30. The lowest BCUT2D eigenvalue weighted by molar-refractivity contribution is -0.143. The van der Waals surface area contributed by atoms with Gasteiger partial charge in [0.15, 0.2) is 0 Å². The van der Waals surface area contributed by atoms with Crippen molar-refractivity contribution >= 4 is 23.3 Å². The fourth-order valence-corrected chi connectivity index (χ4v) is 2.96. The molecule has 1 saturated heterocycles.